The summed E-state index contributed by atoms with van der Waals surface area (Å²) in [7, 11) is 0. The fourth-order valence-corrected chi connectivity index (χ4v) is 2.62. The summed E-state index contributed by atoms with van der Waals surface area (Å²) >= 11 is 0. The summed E-state index contributed by atoms with van der Waals surface area (Å²) in [6.07, 6.45) is 2.33. The van der Waals surface area contributed by atoms with E-state index in [0.717, 1.165) is 18.8 Å². The Morgan fingerprint density at radius 1 is 1.22 bits per heavy atom. The molecule has 1 N–H and O–H groups in total. The van der Waals surface area contributed by atoms with Crippen molar-refractivity contribution >= 4 is 17.6 Å². The monoisotopic (exact) mass is 318 g/mol. The number of rotatable bonds is 8. The Morgan fingerprint density at radius 3 is 2.35 bits per heavy atom. The maximum absolute atomic E-state index is 12.0. The molecule has 1 aliphatic rings. The van der Waals surface area contributed by atoms with Crippen LogP contribution >= 0.6 is 0 Å². The number of nitrogens with one attached hydrogen (secondary N) is 1. The predicted octanol–water partition coefficient (Wildman–Crippen LogP) is 2.60. The van der Waals surface area contributed by atoms with Crippen LogP contribution in [0.4, 0.5) is 5.69 Å². The molecule has 1 atom stereocenters. The van der Waals surface area contributed by atoms with Gasteiger partial charge in [0.1, 0.15) is 0 Å². The lowest BCUT2D eigenvalue weighted by atomic mass is 10.2. The molecule has 1 saturated carbocycles. The number of hydrogen-bond acceptors (Lipinski definition) is 4. The number of carbonyl (C=O) groups excluding carboxylic acids is 2. The third-order valence-electron chi connectivity index (χ3n) is 4.28. The Hall–Kier alpha value is -2.04. The first-order valence-corrected chi connectivity index (χ1v) is 8.36. The van der Waals surface area contributed by atoms with Crippen LogP contribution in [0.25, 0.3) is 0 Å². The molecule has 1 aromatic rings. The average molecular weight is 318 g/mol. The highest BCUT2D eigenvalue weighted by Gasteiger charge is 2.29. The zero-order valence-corrected chi connectivity index (χ0v) is 14.2. The zero-order chi connectivity index (χ0) is 16.8. The van der Waals surface area contributed by atoms with Crippen LogP contribution in [0.5, 0.6) is 0 Å². The molecule has 0 spiro atoms. The van der Waals surface area contributed by atoms with Gasteiger partial charge in [-0.05, 0) is 63.8 Å². The van der Waals surface area contributed by atoms with Crippen molar-refractivity contribution < 1.29 is 14.3 Å². The summed E-state index contributed by atoms with van der Waals surface area (Å²) in [5.41, 5.74) is 1.53. The molecule has 5 nitrogen and oxygen atoms in total. The van der Waals surface area contributed by atoms with Crippen LogP contribution in [0.1, 0.15) is 44.0 Å². The maximum atomic E-state index is 12.0. The fourth-order valence-electron chi connectivity index (χ4n) is 2.62. The van der Waals surface area contributed by atoms with E-state index in [2.05, 4.69) is 24.1 Å². The van der Waals surface area contributed by atoms with Gasteiger partial charge in [0.15, 0.2) is 6.61 Å². The first kappa shape index (κ1) is 17.3. The maximum Gasteiger partial charge on any atom is 0.338 e. The molecule has 2 rings (SSSR count). The SMILES string of the molecule is CCN(CC)c1ccc(C(=O)OCC(=O)N[C@@H](C)C2CC2)cc1. The van der Waals surface area contributed by atoms with Gasteiger partial charge in [0.2, 0.25) is 0 Å². The standard InChI is InChI=1S/C18H26N2O3/c1-4-20(5-2)16-10-8-15(9-11-16)18(22)23-12-17(21)19-13(3)14-6-7-14/h8-11,13-14H,4-7,12H2,1-3H3,(H,19,21)/t13-/m0/s1. The third kappa shape index (κ3) is 4.98. The van der Waals surface area contributed by atoms with Crippen LogP contribution in [-0.2, 0) is 9.53 Å². The molecule has 0 bridgehead atoms. The topological polar surface area (TPSA) is 58.6 Å². The number of ether oxygens (including phenoxy) is 1. The highest BCUT2D eigenvalue weighted by atomic mass is 16.5. The van der Waals surface area contributed by atoms with Gasteiger partial charge in [-0.25, -0.2) is 4.79 Å². The van der Waals surface area contributed by atoms with Crippen molar-refractivity contribution in [3.05, 3.63) is 29.8 Å². The molecule has 0 heterocycles. The fraction of sp³-hybridized carbons (Fsp3) is 0.556. The summed E-state index contributed by atoms with van der Waals surface area (Å²) < 4.78 is 5.08. The number of carbonyl (C=O) groups is 2. The van der Waals surface area contributed by atoms with Crippen molar-refractivity contribution in [2.45, 2.75) is 39.7 Å². The zero-order valence-electron chi connectivity index (χ0n) is 14.2. The summed E-state index contributed by atoms with van der Waals surface area (Å²) in [5, 5.41) is 2.87. The Kier molecular flexibility index (Phi) is 6.02. The summed E-state index contributed by atoms with van der Waals surface area (Å²) in [4.78, 5) is 25.9. The Labute approximate surface area is 138 Å². The quantitative estimate of drug-likeness (QED) is 0.749. The normalized spacial score (nSPS) is 14.9. The highest BCUT2D eigenvalue weighted by Crippen LogP contribution is 2.32. The van der Waals surface area contributed by atoms with E-state index in [1.54, 1.807) is 12.1 Å². The number of esters is 1. The molecule has 0 radical (unpaired) electrons. The van der Waals surface area contributed by atoms with Gasteiger partial charge in [-0.2, -0.15) is 0 Å². The minimum atomic E-state index is -0.467. The van der Waals surface area contributed by atoms with Crippen LogP contribution in [0, 0.1) is 5.92 Å². The van der Waals surface area contributed by atoms with E-state index < -0.39 is 5.97 Å². The van der Waals surface area contributed by atoms with Crippen LogP contribution in [0.3, 0.4) is 0 Å². The minimum Gasteiger partial charge on any atom is -0.452 e. The van der Waals surface area contributed by atoms with Crippen LogP contribution in [0.15, 0.2) is 24.3 Å². The number of benzene rings is 1. The molecule has 126 valence electrons. The van der Waals surface area contributed by atoms with Crippen molar-refractivity contribution in [1.29, 1.82) is 0 Å². The van der Waals surface area contributed by atoms with Gasteiger partial charge >= 0.3 is 5.97 Å². The second-order valence-corrected chi connectivity index (χ2v) is 5.99. The highest BCUT2D eigenvalue weighted by molar-refractivity contribution is 5.91. The molecule has 1 fully saturated rings. The lowest BCUT2D eigenvalue weighted by Gasteiger charge is -2.20. The molecular weight excluding hydrogens is 292 g/mol. The van der Waals surface area contributed by atoms with Gasteiger partial charge in [-0.1, -0.05) is 0 Å². The van der Waals surface area contributed by atoms with Crippen LogP contribution in [0.2, 0.25) is 0 Å². The molecule has 0 aliphatic heterocycles. The predicted molar refractivity (Wildman–Crippen MR) is 90.6 cm³/mol. The Morgan fingerprint density at radius 2 is 1.83 bits per heavy atom. The smallest absolute Gasteiger partial charge is 0.338 e. The van der Waals surface area contributed by atoms with E-state index in [1.807, 2.05) is 19.1 Å². The van der Waals surface area contributed by atoms with Crippen molar-refractivity contribution in [1.82, 2.24) is 5.32 Å². The largest absolute Gasteiger partial charge is 0.452 e. The van der Waals surface area contributed by atoms with Gasteiger partial charge in [0, 0.05) is 24.8 Å². The minimum absolute atomic E-state index is 0.162. The van der Waals surface area contributed by atoms with E-state index in [0.29, 0.717) is 11.5 Å². The van der Waals surface area contributed by atoms with E-state index in [1.165, 1.54) is 12.8 Å². The van der Waals surface area contributed by atoms with Crippen LogP contribution in [-0.4, -0.2) is 37.6 Å². The lowest BCUT2D eigenvalue weighted by molar-refractivity contribution is -0.124. The molecule has 1 aliphatic carbocycles. The molecule has 5 heteroatoms. The van der Waals surface area contributed by atoms with Gasteiger partial charge in [0.25, 0.3) is 5.91 Å². The molecule has 1 amide bonds. The molecule has 0 unspecified atom stereocenters. The summed E-state index contributed by atoms with van der Waals surface area (Å²) in [6.45, 7) is 7.77. The Bertz CT molecular complexity index is 534. The summed E-state index contributed by atoms with van der Waals surface area (Å²) in [5.74, 6) is -0.120. The molecule has 1 aromatic carbocycles. The first-order chi connectivity index (χ1) is 11.0. The summed E-state index contributed by atoms with van der Waals surface area (Å²) in [6, 6.07) is 7.44. The average Bonchev–Trinajstić information content (AvgIpc) is 3.39. The molecule has 0 saturated heterocycles. The number of nitrogens with zero attached hydrogens (tertiary/aromatic N) is 1. The van der Waals surface area contributed by atoms with E-state index in [9.17, 15) is 9.59 Å². The lowest BCUT2D eigenvalue weighted by Crippen LogP contribution is -2.37. The molecule has 23 heavy (non-hydrogen) atoms. The number of amides is 1. The van der Waals surface area contributed by atoms with Gasteiger partial charge in [-0.15, -0.1) is 0 Å². The molecule has 0 aromatic heterocycles. The van der Waals surface area contributed by atoms with E-state index in [4.69, 9.17) is 4.74 Å². The number of hydrogen-bond donors (Lipinski definition) is 1. The third-order valence-corrected chi connectivity index (χ3v) is 4.28. The second-order valence-electron chi connectivity index (χ2n) is 5.99. The van der Waals surface area contributed by atoms with Gasteiger partial charge < -0.3 is 15.0 Å². The van der Waals surface area contributed by atoms with Crippen molar-refractivity contribution in [2.75, 3.05) is 24.6 Å². The second kappa shape index (κ2) is 7.99. The first-order valence-electron chi connectivity index (χ1n) is 8.36. The Balaban J connectivity index is 1.81. The van der Waals surface area contributed by atoms with Crippen molar-refractivity contribution in [2.24, 2.45) is 5.92 Å². The van der Waals surface area contributed by atoms with E-state index >= 15 is 0 Å². The van der Waals surface area contributed by atoms with Crippen LogP contribution < -0.4 is 10.2 Å². The molecular formula is C18H26N2O3. The van der Waals surface area contributed by atoms with Gasteiger partial charge in [0.05, 0.1) is 5.56 Å². The van der Waals surface area contributed by atoms with E-state index in [-0.39, 0.29) is 18.6 Å². The van der Waals surface area contributed by atoms with Crippen molar-refractivity contribution in [3.63, 3.8) is 0 Å². The number of anilines is 1. The van der Waals surface area contributed by atoms with Gasteiger partial charge in [-0.3, -0.25) is 4.79 Å². The van der Waals surface area contributed by atoms with Crippen molar-refractivity contribution in [3.8, 4) is 0 Å².